The standard InChI is InChI=1S/C11H14N2/c1-7-10-5-12-3-8(10)2-9-4-13-6-11(7)9/h2,12-13H,3-6H2,1H3. The number of nitrogens with one attached hydrogen (secondary N) is 2. The molecule has 0 fully saturated rings. The molecule has 0 spiro atoms. The van der Waals surface area contributed by atoms with E-state index in [1.54, 1.807) is 11.1 Å². The van der Waals surface area contributed by atoms with E-state index in [9.17, 15) is 0 Å². The molecule has 2 nitrogen and oxygen atoms in total. The highest BCUT2D eigenvalue weighted by atomic mass is 14.9. The summed E-state index contributed by atoms with van der Waals surface area (Å²) in [6, 6.07) is 2.37. The second-order valence-corrected chi connectivity index (χ2v) is 3.98. The maximum absolute atomic E-state index is 3.41. The van der Waals surface area contributed by atoms with Crippen molar-refractivity contribution in [3.05, 3.63) is 33.9 Å². The first-order valence-electron chi connectivity index (χ1n) is 4.91. The summed E-state index contributed by atoms with van der Waals surface area (Å²) in [7, 11) is 0. The summed E-state index contributed by atoms with van der Waals surface area (Å²) in [5.74, 6) is 0. The van der Waals surface area contributed by atoms with Crippen LogP contribution >= 0.6 is 0 Å². The van der Waals surface area contributed by atoms with Crippen LogP contribution in [0.3, 0.4) is 0 Å². The van der Waals surface area contributed by atoms with E-state index in [-0.39, 0.29) is 0 Å². The van der Waals surface area contributed by atoms with Crippen LogP contribution < -0.4 is 10.6 Å². The van der Waals surface area contributed by atoms with Crippen molar-refractivity contribution < 1.29 is 0 Å². The molecule has 0 radical (unpaired) electrons. The number of rotatable bonds is 0. The lowest BCUT2D eigenvalue weighted by atomic mass is 9.95. The smallest absolute Gasteiger partial charge is 0.0214 e. The molecule has 0 atom stereocenters. The lowest BCUT2D eigenvalue weighted by molar-refractivity contribution is 0.751. The summed E-state index contributed by atoms with van der Waals surface area (Å²) in [5.41, 5.74) is 7.63. The van der Waals surface area contributed by atoms with E-state index in [4.69, 9.17) is 0 Å². The third kappa shape index (κ3) is 0.960. The predicted molar refractivity (Wildman–Crippen MR) is 52.3 cm³/mol. The van der Waals surface area contributed by atoms with Gasteiger partial charge in [0.15, 0.2) is 0 Å². The molecular weight excluding hydrogens is 160 g/mol. The van der Waals surface area contributed by atoms with Gasteiger partial charge in [-0.1, -0.05) is 6.07 Å². The van der Waals surface area contributed by atoms with Gasteiger partial charge in [0.1, 0.15) is 0 Å². The van der Waals surface area contributed by atoms with E-state index in [1.165, 1.54) is 16.7 Å². The number of benzene rings is 1. The van der Waals surface area contributed by atoms with Crippen molar-refractivity contribution in [1.29, 1.82) is 0 Å². The predicted octanol–water partition coefficient (Wildman–Crippen LogP) is 1.20. The van der Waals surface area contributed by atoms with Gasteiger partial charge in [-0.25, -0.2) is 0 Å². The molecule has 68 valence electrons. The average Bonchev–Trinajstić information content (AvgIpc) is 2.71. The van der Waals surface area contributed by atoms with Crippen molar-refractivity contribution in [2.24, 2.45) is 0 Å². The maximum atomic E-state index is 3.41. The largest absolute Gasteiger partial charge is 0.309 e. The molecule has 13 heavy (non-hydrogen) atoms. The zero-order valence-electron chi connectivity index (χ0n) is 7.91. The fourth-order valence-electron chi connectivity index (χ4n) is 2.50. The van der Waals surface area contributed by atoms with Crippen LogP contribution in [-0.2, 0) is 26.2 Å². The van der Waals surface area contributed by atoms with Gasteiger partial charge in [-0.2, -0.15) is 0 Å². The van der Waals surface area contributed by atoms with Crippen molar-refractivity contribution in [3.63, 3.8) is 0 Å². The Balaban J connectivity index is 2.26. The number of hydrogen-bond acceptors (Lipinski definition) is 2. The van der Waals surface area contributed by atoms with E-state index in [0.717, 1.165) is 26.2 Å². The monoisotopic (exact) mass is 174 g/mol. The van der Waals surface area contributed by atoms with Gasteiger partial charge in [-0.05, 0) is 34.7 Å². The van der Waals surface area contributed by atoms with Crippen LogP contribution in [0.4, 0.5) is 0 Å². The Kier molecular flexibility index (Phi) is 1.49. The highest BCUT2D eigenvalue weighted by molar-refractivity contribution is 5.48. The summed E-state index contributed by atoms with van der Waals surface area (Å²) in [6.45, 7) is 6.51. The minimum atomic E-state index is 1.06. The third-order valence-corrected chi connectivity index (χ3v) is 3.26. The molecule has 2 aliphatic rings. The van der Waals surface area contributed by atoms with E-state index in [1.807, 2.05) is 0 Å². The molecule has 2 aliphatic heterocycles. The molecule has 0 amide bonds. The van der Waals surface area contributed by atoms with Gasteiger partial charge in [-0.3, -0.25) is 0 Å². The van der Waals surface area contributed by atoms with E-state index < -0.39 is 0 Å². The summed E-state index contributed by atoms with van der Waals surface area (Å²) in [4.78, 5) is 0. The van der Waals surface area contributed by atoms with Crippen molar-refractivity contribution in [2.45, 2.75) is 33.1 Å². The molecule has 2 heteroatoms. The zero-order chi connectivity index (χ0) is 8.84. The van der Waals surface area contributed by atoms with E-state index in [0.29, 0.717) is 0 Å². The van der Waals surface area contributed by atoms with Crippen molar-refractivity contribution in [3.8, 4) is 0 Å². The minimum absolute atomic E-state index is 1.06. The summed E-state index contributed by atoms with van der Waals surface area (Å²) >= 11 is 0. The molecular formula is C11H14N2. The molecule has 2 N–H and O–H groups in total. The first-order valence-corrected chi connectivity index (χ1v) is 4.91. The van der Waals surface area contributed by atoms with E-state index >= 15 is 0 Å². The minimum Gasteiger partial charge on any atom is -0.309 e. The molecule has 2 heterocycles. The van der Waals surface area contributed by atoms with Crippen LogP contribution in [0.25, 0.3) is 0 Å². The van der Waals surface area contributed by atoms with Crippen LogP contribution in [0, 0.1) is 6.92 Å². The third-order valence-electron chi connectivity index (χ3n) is 3.26. The Morgan fingerprint density at radius 2 is 1.46 bits per heavy atom. The second-order valence-electron chi connectivity index (χ2n) is 3.98. The first-order chi connectivity index (χ1) is 6.36. The Bertz CT molecular complexity index is 337. The lowest BCUT2D eigenvalue weighted by Crippen LogP contribution is -2.02. The highest BCUT2D eigenvalue weighted by Gasteiger charge is 2.20. The van der Waals surface area contributed by atoms with Gasteiger partial charge < -0.3 is 10.6 Å². The molecule has 0 bridgehead atoms. The normalized spacial score (nSPS) is 18.8. The van der Waals surface area contributed by atoms with Crippen LogP contribution in [0.1, 0.15) is 27.8 Å². The quantitative estimate of drug-likeness (QED) is 0.617. The highest BCUT2D eigenvalue weighted by Crippen LogP contribution is 2.28. The van der Waals surface area contributed by atoms with Crippen molar-refractivity contribution >= 4 is 0 Å². The topological polar surface area (TPSA) is 24.1 Å². The first kappa shape index (κ1) is 7.54. The molecule has 0 aliphatic carbocycles. The number of hydrogen-bond donors (Lipinski definition) is 2. The molecule has 0 aromatic heterocycles. The van der Waals surface area contributed by atoms with Gasteiger partial charge in [0.25, 0.3) is 0 Å². The Morgan fingerprint density at radius 1 is 0.923 bits per heavy atom. The number of fused-ring (bicyclic) bond motifs is 2. The molecule has 0 saturated carbocycles. The fourth-order valence-corrected chi connectivity index (χ4v) is 2.50. The van der Waals surface area contributed by atoms with Gasteiger partial charge in [0.05, 0.1) is 0 Å². The molecule has 1 aromatic carbocycles. The van der Waals surface area contributed by atoms with Crippen LogP contribution in [0.15, 0.2) is 6.07 Å². The SMILES string of the molecule is Cc1c2c(cc3c1CNC3)CNC2. The van der Waals surface area contributed by atoms with Crippen LogP contribution in [0.2, 0.25) is 0 Å². The summed E-state index contributed by atoms with van der Waals surface area (Å²) in [6.07, 6.45) is 0. The van der Waals surface area contributed by atoms with Gasteiger partial charge in [0.2, 0.25) is 0 Å². The summed E-state index contributed by atoms with van der Waals surface area (Å²) in [5, 5.41) is 6.82. The van der Waals surface area contributed by atoms with Gasteiger partial charge >= 0.3 is 0 Å². The fraction of sp³-hybridized carbons (Fsp3) is 0.455. The molecule has 3 rings (SSSR count). The zero-order valence-corrected chi connectivity index (χ0v) is 7.91. The van der Waals surface area contributed by atoms with Crippen LogP contribution in [0.5, 0.6) is 0 Å². The lowest BCUT2D eigenvalue weighted by Gasteiger charge is -2.08. The Morgan fingerprint density at radius 3 is 2.00 bits per heavy atom. The molecule has 0 unspecified atom stereocenters. The molecule has 1 aromatic rings. The van der Waals surface area contributed by atoms with Crippen molar-refractivity contribution in [2.75, 3.05) is 0 Å². The van der Waals surface area contributed by atoms with Gasteiger partial charge in [0, 0.05) is 26.2 Å². The Labute approximate surface area is 78.3 Å². The Hall–Kier alpha value is -0.860. The van der Waals surface area contributed by atoms with Crippen LogP contribution in [-0.4, -0.2) is 0 Å². The summed E-state index contributed by atoms with van der Waals surface area (Å²) < 4.78 is 0. The maximum Gasteiger partial charge on any atom is 0.0214 e. The van der Waals surface area contributed by atoms with Crippen molar-refractivity contribution in [1.82, 2.24) is 10.6 Å². The van der Waals surface area contributed by atoms with E-state index in [2.05, 4.69) is 23.6 Å². The average molecular weight is 174 g/mol. The second kappa shape index (κ2) is 2.56. The molecule has 0 saturated heterocycles. The van der Waals surface area contributed by atoms with Gasteiger partial charge in [-0.15, -0.1) is 0 Å².